The molecule has 0 N–H and O–H groups in total. The van der Waals surface area contributed by atoms with Crippen molar-refractivity contribution in [3.05, 3.63) is 182 Å². The van der Waals surface area contributed by atoms with Gasteiger partial charge < -0.3 is 4.57 Å². The summed E-state index contributed by atoms with van der Waals surface area (Å²) in [5.74, 6) is 0.691. The number of rotatable bonds is 5. The standard InChI is InChI=1S/C46H30N4/c1-3-15-31(16-4-1)44-43-39-25-9-12-28-42(39)50(35-20-5-2-6-21-35)46(43)48-45(47-44)34-19-13-17-32(29-34)33-18-14-22-36(30-33)49-40-26-10-7-23-37(40)38-24-8-11-27-41(38)49/h1-30H. The topological polar surface area (TPSA) is 35.6 Å². The van der Waals surface area contributed by atoms with Gasteiger partial charge in [-0.2, -0.15) is 0 Å². The van der Waals surface area contributed by atoms with E-state index in [1.165, 1.54) is 21.8 Å². The number of hydrogen-bond donors (Lipinski definition) is 0. The second-order valence-electron chi connectivity index (χ2n) is 12.6. The van der Waals surface area contributed by atoms with E-state index in [2.05, 4.69) is 185 Å². The minimum Gasteiger partial charge on any atom is -0.309 e. The summed E-state index contributed by atoms with van der Waals surface area (Å²) in [5, 5.41) is 4.69. The van der Waals surface area contributed by atoms with Gasteiger partial charge in [-0.25, -0.2) is 9.97 Å². The molecule has 3 aromatic heterocycles. The minimum absolute atomic E-state index is 0.691. The third kappa shape index (κ3) is 4.46. The quantitative estimate of drug-likeness (QED) is 0.188. The zero-order chi connectivity index (χ0) is 33.0. The summed E-state index contributed by atoms with van der Waals surface area (Å²) in [6.07, 6.45) is 0. The molecule has 10 aromatic rings. The van der Waals surface area contributed by atoms with Crippen LogP contribution < -0.4 is 0 Å². The van der Waals surface area contributed by atoms with E-state index in [0.717, 1.165) is 61.3 Å². The lowest BCUT2D eigenvalue weighted by Gasteiger charge is -2.12. The molecule has 10 rings (SSSR count). The maximum atomic E-state index is 5.35. The second kappa shape index (κ2) is 11.4. The second-order valence-corrected chi connectivity index (χ2v) is 12.6. The summed E-state index contributed by atoms with van der Waals surface area (Å²) in [6, 6.07) is 64.2. The zero-order valence-corrected chi connectivity index (χ0v) is 27.1. The Bertz CT molecular complexity index is 2810. The molecule has 0 amide bonds. The molecule has 0 fully saturated rings. The van der Waals surface area contributed by atoms with Gasteiger partial charge in [0.1, 0.15) is 5.65 Å². The third-order valence-corrected chi connectivity index (χ3v) is 9.72. The Hall–Kier alpha value is -6.78. The van der Waals surface area contributed by atoms with Crippen LogP contribution in [0.25, 0.3) is 88.9 Å². The average Bonchev–Trinajstić information content (AvgIpc) is 3.71. The average molecular weight is 639 g/mol. The third-order valence-electron chi connectivity index (χ3n) is 9.72. The Morgan fingerprint density at radius 3 is 1.54 bits per heavy atom. The normalized spacial score (nSPS) is 11.6. The van der Waals surface area contributed by atoms with Crippen molar-refractivity contribution in [2.75, 3.05) is 0 Å². The maximum Gasteiger partial charge on any atom is 0.162 e. The van der Waals surface area contributed by atoms with E-state index in [0.29, 0.717) is 5.82 Å². The van der Waals surface area contributed by atoms with E-state index in [4.69, 9.17) is 9.97 Å². The molecular formula is C46H30N4. The van der Waals surface area contributed by atoms with Crippen LogP contribution in [-0.2, 0) is 0 Å². The molecule has 50 heavy (non-hydrogen) atoms. The molecule has 7 aromatic carbocycles. The first kappa shape index (κ1) is 28.3. The Morgan fingerprint density at radius 2 is 0.840 bits per heavy atom. The molecule has 0 aliphatic rings. The van der Waals surface area contributed by atoms with Crippen molar-refractivity contribution in [1.82, 2.24) is 19.1 Å². The van der Waals surface area contributed by atoms with Crippen molar-refractivity contribution in [3.8, 4) is 45.1 Å². The van der Waals surface area contributed by atoms with Crippen LogP contribution in [0, 0.1) is 0 Å². The minimum atomic E-state index is 0.691. The van der Waals surface area contributed by atoms with E-state index >= 15 is 0 Å². The lowest BCUT2D eigenvalue weighted by Crippen LogP contribution is -1.99. The van der Waals surface area contributed by atoms with Crippen LogP contribution in [0.3, 0.4) is 0 Å². The molecule has 234 valence electrons. The molecular weight excluding hydrogens is 609 g/mol. The molecule has 4 nitrogen and oxygen atoms in total. The van der Waals surface area contributed by atoms with Gasteiger partial charge in [0.05, 0.1) is 27.6 Å². The zero-order valence-electron chi connectivity index (χ0n) is 27.1. The van der Waals surface area contributed by atoms with E-state index < -0.39 is 0 Å². The Balaban J connectivity index is 1.17. The summed E-state index contributed by atoms with van der Waals surface area (Å²) < 4.78 is 4.63. The molecule has 0 aliphatic heterocycles. The van der Waals surface area contributed by atoms with Crippen LogP contribution >= 0.6 is 0 Å². The van der Waals surface area contributed by atoms with Crippen molar-refractivity contribution in [2.24, 2.45) is 0 Å². The summed E-state index contributed by atoms with van der Waals surface area (Å²) in [5.41, 5.74) is 11.8. The first-order valence-corrected chi connectivity index (χ1v) is 16.9. The SMILES string of the molecule is c1ccc(-c2nc(-c3cccc(-c4cccc(-n5c6ccccc6c6ccccc65)c4)c3)nc3c2c2ccccc2n3-c2ccccc2)cc1. The van der Waals surface area contributed by atoms with E-state index in [-0.39, 0.29) is 0 Å². The number of hydrogen-bond acceptors (Lipinski definition) is 2. The number of para-hydroxylation sites is 4. The lowest BCUT2D eigenvalue weighted by molar-refractivity contribution is 1.11. The number of fused-ring (bicyclic) bond motifs is 6. The van der Waals surface area contributed by atoms with Crippen molar-refractivity contribution >= 4 is 43.7 Å². The summed E-state index contributed by atoms with van der Waals surface area (Å²) >= 11 is 0. The number of nitrogens with zero attached hydrogens (tertiary/aromatic N) is 4. The fourth-order valence-corrected chi connectivity index (χ4v) is 7.49. The van der Waals surface area contributed by atoms with Gasteiger partial charge in [0.25, 0.3) is 0 Å². The summed E-state index contributed by atoms with van der Waals surface area (Å²) in [7, 11) is 0. The molecule has 0 aliphatic carbocycles. The van der Waals surface area contributed by atoms with Gasteiger partial charge in [-0.15, -0.1) is 0 Å². The molecule has 0 saturated carbocycles. The van der Waals surface area contributed by atoms with Gasteiger partial charge in [0.15, 0.2) is 5.82 Å². The molecule has 4 heteroatoms. The highest BCUT2D eigenvalue weighted by Crippen LogP contribution is 2.39. The maximum absolute atomic E-state index is 5.35. The van der Waals surface area contributed by atoms with Crippen molar-refractivity contribution < 1.29 is 0 Å². The van der Waals surface area contributed by atoms with Crippen LogP contribution in [0.4, 0.5) is 0 Å². The van der Waals surface area contributed by atoms with Crippen LogP contribution in [0.2, 0.25) is 0 Å². The van der Waals surface area contributed by atoms with E-state index in [1.54, 1.807) is 0 Å². The first-order chi connectivity index (χ1) is 24.8. The van der Waals surface area contributed by atoms with Gasteiger partial charge in [-0.1, -0.05) is 133 Å². The van der Waals surface area contributed by atoms with Crippen LogP contribution in [0.1, 0.15) is 0 Å². The molecule has 0 unspecified atom stereocenters. The van der Waals surface area contributed by atoms with Crippen molar-refractivity contribution in [3.63, 3.8) is 0 Å². The van der Waals surface area contributed by atoms with E-state index in [9.17, 15) is 0 Å². The molecule has 3 heterocycles. The van der Waals surface area contributed by atoms with Crippen molar-refractivity contribution in [1.29, 1.82) is 0 Å². The Labute approximate surface area is 289 Å². The van der Waals surface area contributed by atoms with Crippen molar-refractivity contribution in [2.45, 2.75) is 0 Å². The fraction of sp³-hybridized carbons (Fsp3) is 0. The predicted octanol–water partition coefficient (Wildman–Crippen LogP) is 11.7. The van der Waals surface area contributed by atoms with Gasteiger partial charge >= 0.3 is 0 Å². The molecule has 0 atom stereocenters. The van der Waals surface area contributed by atoms with Crippen LogP contribution in [-0.4, -0.2) is 19.1 Å². The van der Waals surface area contributed by atoms with Crippen LogP contribution in [0.5, 0.6) is 0 Å². The van der Waals surface area contributed by atoms with Gasteiger partial charge in [0, 0.05) is 38.7 Å². The smallest absolute Gasteiger partial charge is 0.162 e. The Kier molecular flexibility index (Phi) is 6.46. The van der Waals surface area contributed by atoms with Gasteiger partial charge in [-0.05, 0) is 59.7 Å². The van der Waals surface area contributed by atoms with Gasteiger partial charge in [-0.3, -0.25) is 4.57 Å². The lowest BCUT2D eigenvalue weighted by atomic mass is 10.0. The molecule has 0 radical (unpaired) electrons. The first-order valence-electron chi connectivity index (χ1n) is 16.9. The largest absolute Gasteiger partial charge is 0.309 e. The highest BCUT2D eigenvalue weighted by Gasteiger charge is 2.21. The summed E-state index contributed by atoms with van der Waals surface area (Å²) in [6.45, 7) is 0. The summed E-state index contributed by atoms with van der Waals surface area (Å²) in [4.78, 5) is 10.7. The molecule has 0 spiro atoms. The number of aromatic nitrogens is 4. The fourth-order valence-electron chi connectivity index (χ4n) is 7.49. The predicted molar refractivity (Wildman–Crippen MR) is 207 cm³/mol. The molecule has 0 saturated heterocycles. The molecule has 0 bridgehead atoms. The van der Waals surface area contributed by atoms with Gasteiger partial charge in [0.2, 0.25) is 0 Å². The van der Waals surface area contributed by atoms with Crippen LogP contribution in [0.15, 0.2) is 182 Å². The highest BCUT2D eigenvalue weighted by molar-refractivity contribution is 6.14. The highest BCUT2D eigenvalue weighted by atomic mass is 15.1. The Morgan fingerprint density at radius 1 is 0.340 bits per heavy atom. The monoisotopic (exact) mass is 638 g/mol. The van der Waals surface area contributed by atoms with E-state index in [1.807, 2.05) is 6.07 Å². The number of benzene rings is 7.